The van der Waals surface area contributed by atoms with Gasteiger partial charge in [0.2, 0.25) is 5.91 Å². The molecule has 0 aliphatic carbocycles. The van der Waals surface area contributed by atoms with Crippen LogP contribution < -0.4 is 11.1 Å². The number of hydrogen-bond donors (Lipinski definition) is 2. The van der Waals surface area contributed by atoms with Gasteiger partial charge in [-0.1, -0.05) is 19.1 Å². The van der Waals surface area contributed by atoms with Crippen molar-refractivity contribution in [2.24, 2.45) is 11.7 Å². The molecule has 0 aliphatic heterocycles. The first-order valence-corrected chi connectivity index (χ1v) is 8.45. The molecule has 0 heterocycles. The highest BCUT2D eigenvalue weighted by atomic mass is 32.2. The van der Waals surface area contributed by atoms with Gasteiger partial charge in [0, 0.05) is 12.2 Å². The van der Waals surface area contributed by atoms with Gasteiger partial charge < -0.3 is 11.1 Å². The van der Waals surface area contributed by atoms with Crippen molar-refractivity contribution in [3.63, 3.8) is 0 Å². The number of nitrogens with one attached hydrogen (secondary N) is 1. The maximum absolute atomic E-state index is 11.9. The van der Waals surface area contributed by atoms with E-state index >= 15 is 0 Å². The Labute approximate surface area is 120 Å². The second kappa shape index (κ2) is 6.85. The van der Waals surface area contributed by atoms with Crippen molar-refractivity contribution < 1.29 is 13.2 Å². The number of amides is 1. The predicted octanol–water partition coefficient (Wildman–Crippen LogP) is 1.25. The standard InChI is InChI=1S/C14H22N2O3S/c1-10(8-9-15)14(17)16-11(2)12-4-6-13(7-5-12)20(3,18)19/h4-7,10-11H,8-9,15H2,1-3H3,(H,16,17). The van der Waals surface area contributed by atoms with Crippen LogP contribution in [0.4, 0.5) is 0 Å². The number of sulfone groups is 1. The molecule has 0 radical (unpaired) electrons. The van der Waals surface area contributed by atoms with E-state index in [1.165, 1.54) is 6.26 Å². The topological polar surface area (TPSA) is 89.3 Å². The summed E-state index contributed by atoms with van der Waals surface area (Å²) in [7, 11) is -3.19. The van der Waals surface area contributed by atoms with E-state index in [9.17, 15) is 13.2 Å². The molecule has 0 fully saturated rings. The molecule has 1 aromatic carbocycles. The number of carbonyl (C=O) groups is 1. The maximum atomic E-state index is 11.9. The molecule has 1 rings (SSSR count). The normalized spacial score (nSPS) is 14.6. The Morgan fingerprint density at radius 3 is 2.25 bits per heavy atom. The smallest absolute Gasteiger partial charge is 0.223 e. The van der Waals surface area contributed by atoms with Crippen LogP contribution in [0.3, 0.4) is 0 Å². The van der Waals surface area contributed by atoms with E-state index < -0.39 is 9.84 Å². The lowest BCUT2D eigenvalue weighted by Crippen LogP contribution is -2.32. The van der Waals surface area contributed by atoms with Gasteiger partial charge in [-0.15, -0.1) is 0 Å². The maximum Gasteiger partial charge on any atom is 0.223 e. The van der Waals surface area contributed by atoms with Crippen molar-refractivity contribution in [3.05, 3.63) is 29.8 Å². The molecule has 0 saturated heterocycles. The van der Waals surface area contributed by atoms with Crippen LogP contribution in [-0.2, 0) is 14.6 Å². The summed E-state index contributed by atoms with van der Waals surface area (Å²) in [5, 5.41) is 2.90. The molecule has 3 N–H and O–H groups in total. The highest BCUT2D eigenvalue weighted by molar-refractivity contribution is 7.90. The number of nitrogens with two attached hydrogens (primary N) is 1. The molecule has 20 heavy (non-hydrogen) atoms. The zero-order valence-electron chi connectivity index (χ0n) is 12.1. The second-order valence-corrected chi connectivity index (χ2v) is 7.07. The molecule has 1 amide bonds. The van der Waals surface area contributed by atoms with E-state index in [1.54, 1.807) is 24.3 Å². The highest BCUT2D eigenvalue weighted by Gasteiger charge is 2.16. The zero-order valence-corrected chi connectivity index (χ0v) is 12.9. The van der Waals surface area contributed by atoms with E-state index in [4.69, 9.17) is 5.73 Å². The van der Waals surface area contributed by atoms with Gasteiger partial charge >= 0.3 is 0 Å². The fraction of sp³-hybridized carbons (Fsp3) is 0.500. The Kier molecular flexibility index (Phi) is 5.71. The summed E-state index contributed by atoms with van der Waals surface area (Å²) in [4.78, 5) is 12.2. The molecular formula is C14H22N2O3S. The van der Waals surface area contributed by atoms with Crippen molar-refractivity contribution >= 4 is 15.7 Å². The van der Waals surface area contributed by atoms with Crippen LogP contribution in [0.5, 0.6) is 0 Å². The first-order valence-electron chi connectivity index (χ1n) is 6.56. The molecule has 1 aromatic rings. The number of benzene rings is 1. The Bertz CT molecular complexity index is 552. The van der Waals surface area contributed by atoms with Crippen LogP contribution in [0.2, 0.25) is 0 Å². The molecular weight excluding hydrogens is 276 g/mol. The minimum atomic E-state index is -3.19. The van der Waals surface area contributed by atoms with Crippen molar-refractivity contribution in [1.29, 1.82) is 0 Å². The predicted molar refractivity (Wildman–Crippen MR) is 78.9 cm³/mol. The molecule has 5 nitrogen and oxygen atoms in total. The summed E-state index contributed by atoms with van der Waals surface area (Å²) in [5.74, 6) is -0.173. The average molecular weight is 298 g/mol. The van der Waals surface area contributed by atoms with Crippen LogP contribution >= 0.6 is 0 Å². The summed E-state index contributed by atoms with van der Waals surface area (Å²) in [6.07, 6.45) is 1.81. The van der Waals surface area contributed by atoms with Gasteiger partial charge in [-0.25, -0.2) is 8.42 Å². The Morgan fingerprint density at radius 1 is 1.25 bits per heavy atom. The first kappa shape index (κ1) is 16.7. The molecule has 112 valence electrons. The third-order valence-corrected chi connectivity index (χ3v) is 4.34. The van der Waals surface area contributed by atoms with Crippen molar-refractivity contribution in [3.8, 4) is 0 Å². The van der Waals surface area contributed by atoms with Crippen LogP contribution in [-0.4, -0.2) is 27.1 Å². The van der Waals surface area contributed by atoms with E-state index in [0.717, 1.165) is 5.56 Å². The third kappa shape index (κ3) is 4.61. The SMILES string of the molecule is CC(CCN)C(=O)NC(C)c1ccc(S(C)(=O)=O)cc1. The van der Waals surface area contributed by atoms with Gasteiger partial charge in [-0.05, 0) is 37.6 Å². The molecule has 0 aromatic heterocycles. The Balaban J connectivity index is 2.73. The lowest BCUT2D eigenvalue weighted by atomic mass is 10.0. The molecule has 2 unspecified atom stereocenters. The summed E-state index contributed by atoms with van der Waals surface area (Å²) >= 11 is 0. The first-order chi connectivity index (χ1) is 9.25. The molecule has 6 heteroatoms. The van der Waals surface area contributed by atoms with Gasteiger partial charge in [0.25, 0.3) is 0 Å². The van der Waals surface area contributed by atoms with Crippen LogP contribution in [0.15, 0.2) is 29.2 Å². The molecule has 0 bridgehead atoms. The molecule has 2 atom stereocenters. The lowest BCUT2D eigenvalue weighted by Gasteiger charge is -2.17. The van der Waals surface area contributed by atoms with Crippen molar-refractivity contribution in [1.82, 2.24) is 5.32 Å². The van der Waals surface area contributed by atoms with Crippen LogP contribution in [0.25, 0.3) is 0 Å². The van der Waals surface area contributed by atoms with E-state index in [0.29, 0.717) is 13.0 Å². The van der Waals surface area contributed by atoms with Crippen LogP contribution in [0.1, 0.15) is 31.9 Å². The quantitative estimate of drug-likeness (QED) is 0.827. The van der Waals surface area contributed by atoms with E-state index in [1.807, 2.05) is 13.8 Å². The fourth-order valence-electron chi connectivity index (χ4n) is 1.82. The van der Waals surface area contributed by atoms with Gasteiger partial charge in [-0.3, -0.25) is 4.79 Å². The summed E-state index contributed by atoms with van der Waals surface area (Å²) in [6, 6.07) is 6.37. The minimum absolute atomic E-state index is 0.0462. The molecule has 0 saturated carbocycles. The second-order valence-electron chi connectivity index (χ2n) is 5.05. The lowest BCUT2D eigenvalue weighted by molar-refractivity contribution is -0.125. The number of hydrogen-bond acceptors (Lipinski definition) is 4. The highest BCUT2D eigenvalue weighted by Crippen LogP contribution is 2.17. The average Bonchev–Trinajstić information content (AvgIpc) is 2.38. The number of carbonyl (C=O) groups excluding carboxylic acids is 1. The summed E-state index contributed by atoms with van der Waals surface area (Å²) < 4.78 is 22.7. The van der Waals surface area contributed by atoms with Gasteiger partial charge in [0.15, 0.2) is 9.84 Å². The largest absolute Gasteiger partial charge is 0.349 e. The Hall–Kier alpha value is -1.40. The Morgan fingerprint density at radius 2 is 1.80 bits per heavy atom. The van der Waals surface area contributed by atoms with E-state index in [2.05, 4.69) is 5.32 Å². The number of rotatable bonds is 6. The summed E-state index contributed by atoms with van der Waals surface area (Å²) in [5.41, 5.74) is 6.30. The summed E-state index contributed by atoms with van der Waals surface area (Å²) in [6.45, 7) is 4.18. The van der Waals surface area contributed by atoms with Gasteiger partial charge in [-0.2, -0.15) is 0 Å². The zero-order chi connectivity index (χ0) is 15.3. The van der Waals surface area contributed by atoms with Crippen LogP contribution in [0, 0.1) is 5.92 Å². The molecule has 0 spiro atoms. The monoisotopic (exact) mass is 298 g/mol. The third-order valence-electron chi connectivity index (χ3n) is 3.21. The van der Waals surface area contributed by atoms with Crippen molar-refractivity contribution in [2.45, 2.75) is 31.2 Å². The minimum Gasteiger partial charge on any atom is -0.349 e. The molecule has 0 aliphatic rings. The van der Waals surface area contributed by atoms with Crippen molar-refractivity contribution in [2.75, 3.05) is 12.8 Å². The van der Waals surface area contributed by atoms with E-state index in [-0.39, 0.29) is 22.8 Å². The van der Waals surface area contributed by atoms with Gasteiger partial charge in [0.1, 0.15) is 0 Å². The van der Waals surface area contributed by atoms with Gasteiger partial charge in [0.05, 0.1) is 10.9 Å². The fourth-order valence-corrected chi connectivity index (χ4v) is 2.45.